The van der Waals surface area contributed by atoms with Gasteiger partial charge in [0, 0.05) is 67.2 Å². The van der Waals surface area contributed by atoms with Crippen LogP contribution in [0.2, 0.25) is 0 Å². The molecule has 166 valence electrons. The van der Waals surface area contributed by atoms with E-state index in [1.807, 2.05) is 43.3 Å². The molecule has 1 aliphatic rings. The highest BCUT2D eigenvalue weighted by molar-refractivity contribution is 5.85. The van der Waals surface area contributed by atoms with Gasteiger partial charge in [0.05, 0.1) is 10.6 Å². The minimum absolute atomic E-state index is 0. The summed E-state index contributed by atoms with van der Waals surface area (Å²) in [7, 11) is 0. The highest BCUT2D eigenvalue weighted by Gasteiger charge is 2.21. The first-order valence-corrected chi connectivity index (χ1v) is 10.1. The van der Waals surface area contributed by atoms with E-state index in [4.69, 9.17) is 9.97 Å². The Labute approximate surface area is 192 Å². The zero-order valence-corrected chi connectivity index (χ0v) is 18.5. The summed E-state index contributed by atoms with van der Waals surface area (Å²) in [5.41, 5.74) is 4.10. The molecule has 0 atom stereocenters. The predicted molar refractivity (Wildman–Crippen MR) is 124 cm³/mol. The van der Waals surface area contributed by atoms with Gasteiger partial charge in [0.1, 0.15) is 0 Å². The molecule has 0 N–H and O–H groups in total. The van der Waals surface area contributed by atoms with Crippen LogP contribution in [0.4, 0.5) is 5.69 Å². The zero-order chi connectivity index (χ0) is 21.8. The molecule has 1 fully saturated rings. The van der Waals surface area contributed by atoms with Gasteiger partial charge in [0.15, 0.2) is 5.82 Å². The number of carbonyl (C=O) groups excluding carboxylic acids is 1. The summed E-state index contributed by atoms with van der Waals surface area (Å²) in [5, 5.41) is 11.3. The zero-order valence-electron chi connectivity index (χ0n) is 17.7. The molecule has 0 radical (unpaired) electrons. The van der Waals surface area contributed by atoms with Crippen molar-refractivity contribution < 1.29 is 9.72 Å². The third-order valence-corrected chi connectivity index (χ3v) is 5.51. The van der Waals surface area contributed by atoms with Crippen LogP contribution in [0.1, 0.15) is 11.3 Å². The number of piperazine rings is 1. The van der Waals surface area contributed by atoms with Crippen LogP contribution in [-0.4, -0.2) is 57.3 Å². The second-order valence-corrected chi connectivity index (χ2v) is 7.55. The van der Waals surface area contributed by atoms with Crippen LogP contribution in [0.15, 0.2) is 54.6 Å². The highest BCUT2D eigenvalue weighted by atomic mass is 35.5. The molecular formula is C23H24ClN5O3. The third-order valence-electron chi connectivity index (χ3n) is 5.51. The average molecular weight is 454 g/mol. The van der Waals surface area contributed by atoms with Crippen molar-refractivity contribution in [2.75, 3.05) is 26.2 Å². The average Bonchev–Trinajstić information content (AvgIpc) is 2.81. The Bertz CT molecular complexity index is 1100. The van der Waals surface area contributed by atoms with Gasteiger partial charge in [-0.05, 0) is 6.92 Å². The van der Waals surface area contributed by atoms with E-state index >= 15 is 0 Å². The van der Waals surface area contributed by atoms with Gasteiger partial charge in [-0.25, -0.2) is 9.97 Å². The number of aromatic nitrogens is 2. The number of hydrogen-bond donors (Lipinski definition) is 0. The molecule has 32 heavy (non-hydrogen) atoms. The minimum atomic E-state index is -0.395. The van der Waals surface area contributed by atoms with E-state index in [0.717, 1.165) is 36.3 Å². The molecule has 1 saturated heterocycles. The largest absolute Gasteiger partial charge is 0.343 e. The van der Waals surface area contributed by atoms with Crippen LogP contribution in [0, 0.1) is 17.0 Å². The summed E-state index contributed by atoms with van der Waals surface area (Å²) in [6.07, 6.45) is 0.884. The van der Waals surface area contributed by atoms with Crippen LogP contribution >= 0.6 is 12.4 Å². The van der Waals surface area contributed by atoms with E-state index < -0.39 is 4.92 Å². The summed E-state index contributed by atoms with van der Waals surface area (Å²) in [5.74, 6) is 0.592. The Morgan fingerprint density at radius 1 is 1.00 bits per heavy atom. The van der Waals surface area contributed by atoms with Gasteiger partial charge in [-0.3, -0.25) is 19.8 Å². The molecule has 4 rings (SSSR count). The van der Waals surface area contributed by atoms with Crippen LogP contribution in [0.3, 0.4) is 0 Å². The van der Waals surface area contributed by atoms with Crippen molar-refractivity contribution >= 4 is 24.5 Å². The maximum atomic E-state index is 11.3. The van der Waals surface area contributed by atoms with E-state index in [2.05, 4.69) is 4.90 Å². The molecule has 0 bridgehead atoms. The second-order valence-electron chi connectivity index (χ2n) is 7.55. The number of amides is 1. The fourth-order valence-corrected chi connectivity index (χ4v) is 3.76. The van der Waals surface area contributed by atoms with Crippen molar-refractivity contribution in [3.63, 3.8) is 0 Å². The lowest BCUT2D eigenvalue weighted by Gasteiger charge is -2.33. The Morgan fingerprint density at radius 3 is 2.34 bits per heavy atom. The summed E-state index contributed by atoms with van der Waals surface area (Å²) < 4.78 is 0. The van der Waals surface area contributed by atoms with Gasteiger partial charge >= 0.3 is 0 Å². The maximum Gasteiger partial charge on any atom is 0.270 e. The lowest BCUT2D eigenvalue weighted by Crippen LogP contribution is -2.45. The molecule has 9 heteroatoms. The van der Waals surface area contributed by atoms with Gasteiger partial charge in [-0.2, -0.15) is 0 Å². The first kappa shape index (κ1) is 23.3. The molecule has 3 aromatic rings. The van der Waals surface area contributed by atoms with Crippen LogP contribution in [-0.2, 0) is 11.3 Å². The molecule has 2 aromatic carbocycles. The standard InChI is InChI=1S/C23H23N5O3.ClH/c1-17-21(15-26-10-12-27(16-29)13-11-26)22(19-8-5-9-20(14-19)28(30)31)25-23(24-17)18-6-3-2-4-7-18;/h2-9,14,16H,10-13,15H2,1H3;1H. The molecular weight excluding hydrogens is 430 g/mol. The quantitative estimate of drug-likeness (QED) is 0.321. The predicted octanol–water partition coefficient (Wildman–Crippen LogP) is 3.72. The Morgan fingerprint density at radius 2 is 1.69 bits per heavy atom. The van der Waals surface area contributed by atoms with E-state index in [1.165, 1.54) is 6.07 Å². The van der Waals surface area contributed by atoms with Crippen LogP contribution < -0.4 is 0 Å². The van der Waals surface area contributed by atoms with E-state index in [-0.39, 0.29) is 18.1 Å². The van der Waals surface area contributed by atoms with Crippen molar-refractivity contribution in [1.82, 2.24) is 19.8 Å². The van der Waals surface area contributed by atoms with Crippen molar-refractivity contribution in [3.05, 3.63) is 76.0 Å². The van der Waals surface area contributed by atoms with Crippen molar-refractivity contribution in [3.8, 4) is 22.6 Å². The lowest BCUT2D eigenvalue weighted by molar-refractivity contribution is -0.384. The number of rotatable bonds is 6. The molecule has 1 aliphatic heterocycles. The van der Waals surface area contributed by atoms with E-state index in [1.54, 1.807) is 17.0 Å². The fourth-order valence-electron chi connectivity index (χ4n) is 3.76. The topological polar surface area (TPSA) is 92.5 Å². The van der Waals surface area contributed by atoms with Gasteiger partial charge in [0.2, 0.25) is 6.41 Å². The number of non-ortho nitro benzene ring substituents is 1. The van der Waals surface area contributed by atoms with E-state index in [9.17, 15) is 14.9 Å². The Kier molecular flexibility index (Phi) is 7.50. The highest BCUT2D eigenvalue weighted by Crippen LogP contribution is 2.30. The van der Waals surface area contributed by atoms with E-state index in [0.29, 0.717) is 36.7 Å². The number of aryl methyl sites for hydroxylation is 1. The van der Waals surface area contributed by atoms with Gasteiger partial charge in [-0.15, -0.1) is 12.4 Å². The molecule has 1 amide bonds. The molecule has 2 heterocycles. The maximum absolute atomic E-state index is 11.3. The van der Waals surface area contributed by atoms with Crippen molar-refractivity contribution in [2.24, 2.45) is 0 Å². The summed E-state index contributed by atoms with van der Waals surface area (Å²) in [4.78, 5) is 35.6. The van der Waals surface area contributed by atoms with Crippen LogP contribution in [0.25, 0.3) is 22.6 Å². The minimum Gasteiger partial charge on any atom is -0.343 e. The number of halogens is 1. The van der Waals surface area contributed by atoms with Gasteiger partial charge in [0.25, 0.3) is 5.69 Å². The first-order chi connectivity index (χ1) is 15.0. The summed E-state index contributed by atoms with van der Waals surface area (Å²) in [6, 6.07) is 16.3. The Balaban J connectivity index is 0.00000289. The first-order valence-electron chi connectivity index (χ1n) is 10.1. The molecule has 0 aliphatic carbocycles. The number of carbonyl (C=O) groups is 1. The molecule has 0 unspecified atom stereocenters. The second kappa shape index (κ2) is 10.3. The van der Waals surface area contributed by atoms with Crippen molar-refractivity contribution in [1.29, 1.82) is 0 Å². The molecule has 8 nitrogen and oxygen atoms in total. The van der Waals surface area contributed by atoms with Gasteiger partial charge in [-0.1, -0.05) is 42.5 Å². The number of nitro benzene ring substituents is 1. The SMILES string of the molecule is Cc1nc(-c2ccccc2)nc(-c2cccc([N+](=O)[O-])c2)c1CN1CCN(C=O)CC1.Cl. The Hall–Kier alpha value is -3.36. The van der Waals surface area contributed by atoms with Gasteiger partial charge < -0.3 is 4.90 Å². The molecule has 0 spiro atoms. The summed E-state index contributed by atoms with van der Waals surface area (Å²) >= 11 is 0. The number of nitro groups is 1. The number of hydrogen-bond acceptors (Lipinski definition) is 6. The molecule has 1 aromatic heterocycles. The normalized spacial score (nSPS) is 14.0. The number of nitrogens with zero attached hydrogens (tertiary/aromatic N) is 5. The number of benzene rings is 2. The fraction of sp³-hybridized carbons (Fsp3) is 0.261. The summed E-state index contributed by atoms with van der Waals surface area (Å²) in [6.45, 7) is 5.44. The lowest BCUT2D eigenvalue weighted by atomic mass is 10.0. The van der Waals surface area contributed by atoms with Crippen molar-refractivity contribution in [2.45, 2.75) is 13.5 Å². The smallest absolute Gasteiger partial charge is 0.270 e. The third kappa shape index (κ3) is 5.09. The van der Waals surface area contributed by atoms with Crippen LogP contribution in [0.5, 0.6) is 0 Å². The monoisotopic (exact) mass is 453 g/mol. The molecule has 0 saturated carbocycles.